The highest BCUT2D eigenvalue weighted by Crippen LogP contribution is 2.48. The van der Waals surface area contributed by atoms with E-state index in [-0.39, 0.29) is 114 Å². The van der Waals surface area contributed by atoms with Crippen LogP contribution in [0.1, 0.15) is 210 Å². The lowest BCUT2D eigenvalue weighted by Crippen LogP contribution is -2.45. The molecule has 14 unspecified atom stereocenters. The summed E-state index contributed by atoms with van der Waals surface area (Å²) < 4.78 is 35.9. The van der Waals surface area contributed by atoms with Crippen LogP contribution < -0.4 is 0 Å². The maximum Gasteiger partial charge on any atom is 0.311 e. The number of hydrogen-bond donors (Lipinski definition) is 0. The van der Waals surface area contributed by atoms with Crippen molar-refractivity contribution < 1.29 is 57.2 Å². The molecule has 6 rings (SSSR count). The molecule has 2 fully saturated rings. The Kier molecular flexibility index (Phi) is 21.7. The molecule has 0 saturated carbocycles. The fourth-order valence-electron chi connectivity index (χ4n) is 12.5. The second-order valence-electron chi connectivity index (χ2n) is 24.7. The molecule has 12 nitrogen and oxygen atoms in total. The Balaban J connectivity index is 0.826. The maximum absolute atomic E-state index is 13.2. The van der Waals surface area contributed by atoms with E-state index in [0.717, 1.165) is 77.0 Å². The lowest BCUT2D eigenvalue weighted by Gasteiger charge is -2.45. The Bertz CT molecular complexity index is 2060. The molecule has 414 valence electrons. The summed E-state index contributed by atoms with van der Waals surface area (Å²) in [4.78, 5) is 77.7. The van der Waals surface area contributed by atoms with E-state index in [4.69, 9.17) is 28.4 Å². The number of allylic oxidation sites excluding steroid dienone is 6. The van der Waals surface area contributed by atoms with Crippen LogP contribution in [0.25, 0.3) is 0 Å². The third-order valence-electron chi connectivity index (χ3n) is 17.9. The molecule has 2 heterocycles. The van der Waals surface area contributed by atoms with E-state index >= 15 is 0 Å². The van der Waals surface area contributed by atoms with E-state index in [0.29, 0.717) is 57.3 Å². The highest BCUT2D eigenvalue weighted by Gasteiger charge is 2.46. The molecule has 0 bridgehead atoms. The standard InChI is InChI=1S/C62H94O12/c1-11-61(7,8)59(67)73-51-33-39(3)31-43-25-23-41(5)49(57(43)51)29-27-45-35-47(37-55(65)69-45)71-53(63)21-19-17-15-13-14-16-18-20-22-54(64)72-48-36-46(70-56(66)38-48)28-30-50-42(6)24-26-44-32-40(4)34-52(58(44)50)74-60(68)62(9,10)12-2/h23-26,31-32,39,41-42,44-52,57-58H,11-22,27-30,33-38H2,1-10H3. The summed E-state index contributed by atoms with van der Waals surface area (Å²) in [6.07, 6.45) is 26.7. The van der Waals surface area contributed by atoms with Gasteiger partial charge >= 0.3 is 35.8 Å². The van der Waals surface area contributed by atoms with Gasteiger partial charge < -0.3 is 28.4 Å². The van der Waals surface area contributed by atoms with Gasteiger partial charge in [-0.1, -0.05) is 115 Å². The van der Waals surface area contributed by atoms with E-state index in [9.17, 15) is 28.8 Å². The average Bonchev–Trinajstić information content (AvgIpc) is 3.33. The third-order valence-corrected chi connectivity index (χ3v) is 17.9. The van der Waals surface area contributed by atoms with Crippen LogP contribution in [-0.2, 0) is 57.2 Å². The lowest BCUT2D eigenvalue weighted by molar-refractivity contribution is -0.172. The SMILES string of the molecule is CCC(C)(C)C(=O)OC1CC(C)C=C2C=CC(C)C(CCC3CC(OC(=O)CCCCCCCCCCC(=O)OC4CC(=O)OC(CCC5C(C)C=CC6C=C(C)CC(OC(=O)C(C)(C)CC)C65)C4)CC(=O)O3)C21. The zero-order valence-corrected chi connectivity index (χ0v) is 47.0. The average molecular weight is 1030 g/mol. The number of carbonyl (C=O) groups excluding carboxylic acids is 6. The van der Waals surface area contributed by atoms with Crippen LogP contribution in [0.2, 0.25) is 0 Å². The number of rotatable bonds is 25. The van der Waals surface area contributed by atoms with Crippen LogP contribution in [0.5, 0.6) is 0 Å². The molecular weight excluding hydrogens is 937 g/mol. The molecule has 4 aliphatic carbocycles. The van der Waals surface area contributed by atoms with Gasteiger partial charge in [0, 0.05) is 49.9 Å². The largest absolute Gasteiger partial charge is 0.462 e. The Hall–Kier alpha value is -4.22. The van der Waals surface area contributed by atoms with Gasteiger partial charge in [0.1, 0.15) is 36.6 Å². The summed E-state index contributed by atoms with van der Waals surface area (Å²) >= 11 is 0. The van der Waals surface area contributed by atoms with Crippen molar-refractivity contribution in [2.24, 2.45) is 58.2 Å². The first-order chi connectivity index (χ1) is 35.2. The number of fused-ring (bicyclic) bond motifs is 2. The Morgan fingerprint density at radius 1 is 0.581 bits per heavy atom. The van der Waals surface area contributed by atoms with Crippen molar-refractivity contribution in [1.29, 1.82) is 0 Å². The molecule has 6 aliphatic rings. The Morgan fingerprint density at radius 3 is 1.59 bits per heavy atom. The van der Waals surface area contributed by atoms with E-state index in [1.807, 2.05) is 41.5 Å². The highest BCUT2D eigenvalue weighted by atomic mass is 16.6. The predicted octanol–water partition coefficient (Wildman–Crippen LogP) is 13.2. The van der Waals surface area contributed by atoms with E-state index < -0.39 is 23.0 Å². The van der Waals surface area contributed by atoms with Crippen LogP contribution in [0.15, 0.2) is 47.6 Å². The third kappa shape index (κ3) is 16.6. The molecule has 0 radical (unpaired) electrons. The topological polar surface area (TPSA) is 158 Å². The zero-order valence-electron chi connectivity index (χ0n) is 47.0. The lowest BCUT2D eigenvalue weighted by atomic mass is 9.63. The fraction of sp³-hybridized carbons (Fsp3) is 0.774. The first kappa shape index (κ1) is 59.0. The van der Waals surface area contributed by atoms with Crippen LogP contribution in [0.3, 0.4) is 0 Å². The second-order valence-corrected chi connectivity index (χ2v) is 24.7. The smallest absolute Gasteiger partial charge is 0.311 e. The van der Waals surface area contributed by atoms with Crippen LogP contribution in [0.4, 0.5) is 0 Å². The summed E-state index contributed by atoms with van der Waals surface area (Å²) in [6.45, 7) is 20.5. The Morgan fingerprint density at radius 2 is 1.07 bits per heavy atom. The molecule has 0 aromatic carbocycles. The molecule has 0 aromatic rings. The number of hydrogen-bond acceptors (Lipinski definition) is 12. The van der Waals surface area contributed by atoms with Crippen molar-refractivity contribution in [2.75, 3.05) is 0 Å². The Labute approximate surface area is 444 Å². The van der Waals surface area contributed by atoms with Gasteiger partial charge in [0.25, 0.3) is 0 Å². The van der Waals surface area contributed by atoms with Crippen molar-refractivity contribution in [3.05, 3.63) is 47.6 Å². The number of cyclic esters (lactones) is 2. The van der Waals surface area contributed by atoms with Crippen molar-refractivity contribution in [3.8, 4) is 0 Å². The van der Waals surface area contributed by atoms with Gasteiger partial charge in [-0.3, -0.25) is 28.8 Å². The van der Waals surface area contributed by atoms with Gasteiger partial charge in [0.2, 0.25) is 0 Å². The first-order valence-electron chi connectivity index (χ1n) is 29.1. The minimum absolute atomic E-state index is 0.0789. The molecule has 0 aromatic heterocycles. The normalized spacial score (nSPS) is 31.9. The molecule has 0 N–H and O–H groups in total. The predicted molar refractivity (Wildman–Crippen MR) is 285 cm³/mol. The van der Waals surface area contributed by atoms with Crippen LogP contribution in [-0.4, -0.2) is 72.4 Å². The molecule has 0 amide bonds. The van der Waals surface area contributed by atoms with Gasteiger partial charge in [-0.15, -0.1) is 0 Å². The van der Waals surface area contributed by atoms with Gasteiger partial charge in [0.15, 0.2) is 0 Å². The van der Waals surface area contributed by atoms with Crippen molar-refractivity contribution in [1.82, 2.24) is 0 Å². The van der Waals surface area contributed by atoms with Gasteiger partial charge in [0.05, 0.1) is 23.7 Å². The first-order valence-corrected chi connectivity index (χ1v) is 29.1. The van der Waals surface area contributed by atoms with Crippen LogP contribution in [0, 0.1) is 58.2 Å². The molecular formula is C62H94O12. The van der Waals surface area contributed by atoms with Gasteiger partial charge in [-0.05, 0) is 128 Å². The van der Waals surface area contributed by atoms with E-state index in [1.165, 1.54) is 11.1 Å². The van der Waals surface area contributed by atoms with Gasteiger partial charge in [-0.2, -0.15) is 0 Å². The van der Waals surface area contributed by atoms with Gasteiger partial charge in [-0.25, -0.2) is 0 Å². The second kappa shape index (κ2) is 27.2. The molecule has 12 heteroatoms. The quantitative estimate of drug-likeness (QED) is 0.0369. The minimum atomic E-state index is -0.544. The highest BCUT2D eigenvalue weighted by molar-refractivity contribution is 5.77. The number of ether oxygens (including phenoxy) is 6. The summed E-state index contributed by atoms with van der Waals surface area (Å²) in [5.74, 6) is 0.301. The fourth-order valence-corrected chi connectivity index (χ4v) is 12.5. The zero-order chi connectivity index (χ0) is 53.7. The number of unbranched alkanes of at least 4 members (excludes halogenated alkanes) is 7. The minimum Gasteiger partial charge on any atom is -0.462 e. The van der Waals surface area contributed by atoms with Crippen molar-refractivity contribution >= 4 is 35.8 Å². The van der Waals surface area contributed by atoms with Crippen molar-refractivity contribution in [3.63, 3.8) is 0 Å². The van der Waals surface area contributed by atoms with E-state index in [1.54, 1.807) is 0 Å². The maximum atomic E-state index is 13.2. The number of carbonyl (C=O) groups is 6. The molecule has 2 aliphatic heterocycles. The molecule has 14 atom stereocenters. The molecule has 0 spiro atoms. The van der Waals surface area contributed by atoms with Crippen molar-refractivity contribution in [2.45, 2.75) is 247 Å². The monoisotopic (exact) mass is 1030 g/mol. The van der Waals surface area contributed by atoms with Crippen LogP contribution >= 0.6 is 0 Å². The molecule has 74 heavy (non-hydrogen) atoms. The summed E-state index contributed by atoms with van der Waals surface area (Å²) in [5, 5.41) is 0. The summed E-state index contributed by atoms with van der Waals surface area (Å²) in [7, 11) is 0. The van der Waals surface area contributed by atoms with E-state index in [2.05, 4.69) is 64.2 Å². The summed E-state index contributed by atoms with van der Waals surface area (Å²) in [6, 6.07) is 0. The number of esters is 6. The molecule has 2 saturated heterocycles. The summed E-state index contributed by atoms with van der Waals surface area (Å²) in [5.41, 5.74) is 1.38.